The lowest BCUT2D eigenvalue weighted by Crippen LogP contribution is -2.33. The first-order valence-electron chi connectivity index (χ1n) is 12.0. The van der Waals surface area contributed by atoms with Gasteiger partial charge >= 0.3 is 0 Å². The molecular formula is C29H25ClF2N2O4S2. The Balaban J connectivity index is 1.87. The fourth-order valence-corrected chi connectivity index (χ4v) is 5.93. The number of nitrogens with one attached hydrogen (secondary N) is 2. The molecule has 0 radical (unpaired) electrons. The van der Waals surface area contributed by atoms with Gasteiger partial charge in [-0.3, -0.25) is 9.59 Å². The SMILES string of the molecule is CSc1cccc(C(=O)c2[nH]cc(C(=O)N[C@@H](CS(C)(=O)=O)c3cccc(Cl)c3)c2-c2c(F)ccc(F)c2C)c1. The van der Waals surface area contributed by atoms with Crippen LogP contribution in [0.4, 0.5) is 8.78 Å². The smallest absolute Gasteiger partial charge is 0.253 e. The third-order valence-corrected chi connectivity index (χ3v) is 8.21. The summed E-state index contributed by atoms with van der Waals surface area (Å²) in [6.07, 6.45) is 4.11. The third kappa shape index (κ3) is 6.46. The molecule has 11 heteroatoms. The summed E-state index contributed by atoms with van der Waals surface area (Å²) in [5.74, 6) is -3.32. The van der Waals surface area contributed by atoms with Crippen LogP contribution in [0.25, 0.3) is 11.1 Å². The van der Waals surface area contributed by atoms with E-state index >= 15 is 4.39 Å². The number of carbonyl (C=O) groups excluding carboxylic acids is 2. The van der Waals surface area contributed by atoms with Gasteiger partial charge in [-0.1, -0.05) is 35.9 Å². The van der Waals surface area contributed by atoms with Gasteiger partial charge in [-0.15, -0.1) is 11.8 Å². The Bertz CT molecular complexity index is 1720. The van der Waals surface area contributed by atoms with E-state index in [0.29, 0.717) is 10.6 Å². The molecule has 208 valence electrons. The molecule has 40 heavy (non-hydrogen) atoms. The first-order valence-corrected chi connectivity index (χ1v) is 15.6. The molecule has 0 unspecified atom stereocenters. The number of H-pyrrole nitrogens is 1. The predicted octanol–water partition coefficient (Wildman–Crippen LogP) is 6.39. The zero-order valence-corrected chi connectivity index (χ0v) is 24.1. The summed E-state index contributed by atoms with van der Waals surface area (Å²) in [7, 11) is -3.58. The fourth-order valence-electron chi connectivity index (χ4n) is 4.39. The quantitative estimate of drug-likeness (QED) is 0.171. The molecule has 0 aliphatic rings. The van der Waals surface area contributed by atoms with Crippen LogP contribution < -0.4 is 5.32 Å². The van der Waals surface area contributed by atoms with Crippen LogP contribution in [-0.4, -0.2) is 43.4 Å². The molecule has 0 fully saturated rings. The van der Waals surface area contributed by atoms with E-state index in [1.165, 1.54) is 30.9 Å². The number of rotatable bonds is 9. The number of hydrogen-bond donors (Lipinski definition) is 2. The Morgan fingerprint density at radius 1 is 1.02 bits per heavy atom. The lowest BCUT2D eigenvalue weighted by molar-refractivity contribution is 0.0941. The second-order valence-corrected chi connectivity index (χ2v) is 12.7. The van der Waals surface area contributed by atoms with Gasteiger partial charge in [0, 0.05) is 39.1 Å². The van der Waals surface area contributed by atoms with E-state index in [1.54, 1.807) is 36.4 Å². The van der Waals surface area contributed by atoms with E-state index in [1.807, 2.05) is 12.3 Å². The second kappa shape index (κ2) is 12.0. The Morgan fingerprint density at radius 2 is 1.73 bits per heavy atom. The normalized spacial score (nSPS) is 12.2. The number of benzene rings is 3. The summed E-state index contributed by atoms with van der Waals surface area (Å²) in [5.41, 5.74) is -0.0279. The van der Waals surface area contributed by atoms with E-state index in [2.05, 4.69) is 10.3 Å². The minimum atomic E-state index is -3.58. The number of amides is 1. The average Bonchev–Trinajstić information content (AvgIpc) is 3.34. The zero-order valence-electron chi connectivity index (χ0n) is 21.7. The van der Waals surface area contributed by atoms with Gasteiger partial charge in [0.15, 0.2) is 0 Å². The van der Waals surface area contributed by atoms with E-state index in [-0.39, 0.29) is 33.5 Å². The third-order valence-electron chi connectivity index (χ3n) is 6.31. The van der Waals surface area contributed by atoms with Crippen molar-refractivity contribution in [2.75, 3.05) is 18.3 Å². The molecule has 0 spiro atoms. The molecule has 0 saturated carbocycles. The van der Waals surface area contributed by atoms with Crippen molar-refractivity contribution in [2.45, 2.75) is 17.9 Å². The molecule has 2 N–H and O–H groups in total. The van der Waals surface area contributed by atoms with Crippen molar-refractivity contribution in [2.24, 2.45) is 0 Å². The maximum Gasteiger partial charge on any atom is 0.253 e. The molecule has 6 nitrogen and oxygen atoms in total. The van der Waals surface area contributed by atoms with Crippen molar-refractivity contribution < 1.29 is 26.8 Å². The van der Waals surface area contributed by atoms with Crippen molar-refractivity contribution in [3.63, 3.8) is 0 Å². The van der Waals surface area contributed by atoms with Gasteiger partial charge in [0.1, 0.15) is 21.5 Å². The summed E-state index contributed by atoms with van der Waals surface area (Å²) >= 11 is 7.53. The van der Waals surface area contributed by atoms with Gasteiger partial charge in [0.25, 0.3) is 5.91 Å². The Kier molecular flexibility index (Phi) is 8.82. The van der Waals surface area contributed by atoms with Crippen LogP contribution in [0.15, 0.2) is 71.8 Å². The highest BCUT2D eigenvalue weighted by atomic mass is 35.5. The summed E-state index contributed by atoms with van der Waals surface area (Å²) in [6, 6.07) is 14.0. The predicted molar refractivity (Wildman–Crippen MR) is 154 cm³/mol. The summed E-state index contributed by atoms with van der Waals surface area (Å²) in [4.78, 5) is 30.9. The largest absolute Gasteiger partial charge is 0.357 e. The van der Waals surface area contributed by atoms with Gasteiger partial charge in [0.2, 0.25) is 5.78 Å². The van der Waals surface area contributed by atoms with Crippen LogP contribution in [-0.2, 0) is 9.84 Å². The minimum Gasteiger partial charge on any atom is -0.357 e. The van der Waals surface area contributed by atoms with Crippen molar-refractivity contribution in [1.82, 2.24) is 10.3 Å². The van der Waals surface area contributed by atoms with E-state index in [0.717, 1.165) is 23.3 Å². The van der Waals surface area contributed by atoms with Crippen LogP contribution in [0.2, 0.25) is 5.02 Å². The molecule has 0 saturated heterocycles. The maximum absolute atomic E-state index is 15.3. The van der Waals surface area contributed by atoms with Crippen molar-refractivity contribution in [1.29, 1.82) is 0 Å². The van der Waals surface area contributed by atoms with Gasteiger partial charge in [-0.25, -0.2) is 17.2 Å². The standard InChI is InChI=1S/C29H25ClF2N2O4S2/c1-16-22(31)10-11-23(32)25(16)26-21(14-33-27(26)28(35)18-7-5-9-20(13-18)39-2)29(36)34-24(15-40(3,37)38)17-6-4-8-19(30)12-17/h4-14,24,33H,15H2,1-3H3,(H,34,36)/t24-/m0/s1. The number of aromatic nitrogens is 1. The van der Waals surface area contributed by atoms with Gasteiger partial charge in [-0.2, -0.15) is 0 Å². The Hall–Kier alpha value is -3.47. The van der Waals surface area contributed by atoms with Gasteiger partial charge < -0.3 is 10.3 Å². The van der Waals surface area contributed by atoms with Crippen LogP contribution >= 0.6 is 23.4 Å². The van der Waals surface area contributed by atoms with Crippen LogP contribution in [0.3, 0.4) is 0 Å². The number of hydrogen-bond acceptors (Lipinski definition) is 5. The monoisotopic (exact) mass is 602 g/mol. The fraction of sp³-hybridized carbons (Fsp3) is 0.172. The molecule has 1 atom stereocenters. The summed E-state index contributed by atoms with van der Waals surface area (Å²) in [5, 5.41) is 3.02. The van der Waals surface area contributed by atoms with Crippen molar-refractivity contribution >= 4 is 44.9 Å². The second-order valence-electron chi connectivity index (χ2n) is 9.22. The molecular weight excluding hydrogens is 578 g/mol. The summed E-state index contributed by atoms with van der Waals surface area (Å²) in [6.45, 7) is 1.35. The molecule has 1 amide bonds. The maximum atomic E-state index is 15.3. The molecule has 4 rings (SSSR count). The molecule has 1 aromatic heterocycles. The molecule has 0 aliphatic carbocycles. The van der Waals surface area contributed by atoms with Gasteiger partial charge in [0.05, 0.1) is 23.1 Å². The van der Waals surface area contributed by atoms with Crippen molar-refractivity contribution in [3.05, 3.63) is 111 Å². The number of ketones is 1. The van der Waals surface area contributed by atoms with Crippen molar-refractivity contribution in [3.8, 4) is 11.1 Å². The lowest BCUT2D eigenvalue weighted by Gasteiger charge is -2.19. The number of halogens is 3. The minimum absolute atomic E-state index is 0.0944. The molecule has 0 bridgehead atoms. The highest BCUT2D eigenvalue weighted by Gasteiger charge is 2.30. The van der Waals surface area contributed by atoms with E-state index in [4.69, 9.17) is 11.6 Å². The molecule has 1 heterocycles. The first kappa shape index (κ1) is 29.5. The number of aromatic amines is 1. The molecule has 4 aromatic rings. The van der Waals surface area contributed by atoms with E-state index < -0.39 is 45.0 Å². The van der Waals surface area contributed by atoms with E-state index in [9.17, 15) is 22.4 Å². The van der Waals surface area contributed by atoms with Crippen LogP contribution in [0.5, 0.6) is 0 Å². The average molecular weight is 603 g/mol. The van der Waals surface area contributed by atoms with Crippen LogP contribution in [0.1, 0.15) is 43.6 Å². The number of sulfone groups is 1. The van der Waals surface area contributed by atoms with Crippen LogP contribution in [0, 0.1) is 18.6 Å². The highest BCUT2D eigenvalue weighted by Crippen LogP contribution is 2.36. The first-order chi connectivity index (χ1) is 18.9. The topological polar surface area (TPSA) is 96.1 Å². The summed E-state index contributed by atoms with van der Waals surface area (Å²) < 4.78 is 54.3. The Labute approximate surface area is 240 Å². The number of thioether (sulfide) groups is 1. The Morgan fingerprint density at radius 3 is 2.40 bits per heavy atom. The van der Waals surface area contributed by atoms with Gasteiger partial charge in [-0.05, 0) is 60.7 Å². The lowest BCUT2D eigenvalue weighted by atomic mass is 9.93. The zero-order chi connectivity index (χ0) is 29.2. The molecule has 3 aromatic carbocycles. The highest BCUT2D eigenvalue weighted by molar-refractivity contribution is 7.98. The number of carbonyl (C=O) groups is 2. The molecule has 0 aliphatic heterocycles.